The fourth-order valence-corrected chi connectivity index (χ4v) is 8.09. The van der Waals surface area contributed by atoms with E-state index in [1.165, 1.54) is 6.07 Å². The fraction of sp³-hybridized carbons (Fsp3) is 0.463. The number of amides is 5. The number of hydrogen-bond donors (Lipinski definition) is 2. The van der Waals surface area contributed by atoms with Crippen molar-refractivity contribution in [2.45, 2.75) is 69.6 Å². The Kier molecular flexibility index (Phi) is 8.92. The molecule has 1 aromatic heterocycles. The van der Waals surface area contributed by atoms with E-state index in [0.717, 1.165) is 0 Å². The molecule has 2 aromatic carbocycles. The molecule has 308 valence electrons. The molecule has 3 saturated heterocycles. The lowest BCUT2D eigenvalue weighted by molar-refractivity contribution is -0.136. The Morgan fingerprint density at radius 3 is 2.32 bits per heavy atom. The highest BCUT2D eigenvalue weighted by Crippen LogP contribution is 2.36. The fourth-order valence-electron chi connectivity index (χ4n) is 7.87. The minimum absolute atomic E-state index is 0.0892. The van der Waals surface area contributed by atoms with Gasteiger partial charge in [-0.25, -0.2) is 8.78 Å². The second kappa shape index (κ2) is 16.9. The lowest BCUT2D eigenvalue weighted by Crippen LogP contribution is -2.54. The third kappa shape index (κ3) is 8.28. The summed E-state index contributed by atoms with van der Waals surface area (Å²) in [5, 5.41) is 22.7. The maximum absolute atomic E-state index is 16.5. The number of carbonyl (C=O) groups is 5. The van der Waals surface area contributed by atoms with Gasteiger partial charge in [-0.3, -0.25) is 39.1 Å². The summed E-state index contributed by atoms with van der Waals surface area (Å²) in [6.45, 7) is -14.2. The Hall–Kier alpha value is -5.73. The summed E-state index contributed by atoms with van der Waals surface area (Å²) in [6.07, 6.45) is 2.46. The van der Waals surface area contributed by atoms with Gasteiger partial charge in [-0.15, -0.1) is 10.2 Å². The van der Waals surface area contributed by atoms with Crippen molar-refractivity contribution in [2.24, 2.45) is 5.92 Å². The number of rotatable bonds is 9. The predicted octanol–water partition coefficient (Wildman–Crippen LogP) is 3.84. The molecule has 4 fully saturated rings. The van der Waals surface area contributed by atoms with E-state index in [1.807, 2.05) is 16.3 Å². The molecule has 5 aliphatic rings. The number of ether oxygens (including phenoxy) is 1. The average molecular weight is 838 g/mol. The van der Waals surface area contributed by atoms with E-state index >= 15 is 8.78 Å². The molecule has 2 N–H and O–H groups in total. The number of imide groups is 2. The predicted molar refractivity (Wildman–Crippen MR) is 209 cm³/mol. The van der Waals surface area contributed by atoms with Crippen LogP contribution in [0.2, 0.25) is 5.02 Å². The number of piperidine rings is 2. The molecule has 8 rings (SSSR count). The smallest absolute Gasteiger partial charge is 0.272 e. The summed E-state index contributed by atoms with van der Waals surface area (Å²) in [5.74, 6) is -8.22. The highest BCUT2D eigenvalue weighted by atomic mass is 35.5. The summed E-state index contributed by atoms with van der Waals surface area (Å²) in [7, 11) is 0. The van der Waals surface area contributed by atoms with Crippen molar-refractivity contribution < 1.29 is 48.5 Å². The van der Waals surface area contributed by atoms with Crippen LogP contribution in [-0.4, -0.2) is 113 Å². The number of piperazine rings is 1. The maximum atomic E-state index is 16.5. The Bertz CT molecular complexity index is 2570. The zero-order valence-corrected chi connectivity index (χ0v) is 32.0. The van der Waals surface area contributed by atoms with Gasteiger partial charge < -0.3 is 19.9 Å². The quantitative estimate of drug-likeness (QED) is 0.298. The molecule has 0 spiro atoms. The Labute approximate surface area is 354 Å². The van der Waals surface area contributed by atoms with Crippen LogP contribution >= 0.6 is 11.6 Å². The number of anilines is 2. The minimum atomic E-state index is -3.67. The number of carbonyl (C=O) groups excluding carboxylic acids is 5. The summed E-state index contributed by atoms with van der Waals surface area (Å²) in [4.78, 5) is 66.3. The van der Waals surface area contributed by atoms with Gasteiger partial charge in [0.1, 0.15) is 23.7 Å². The van der Waals surface area contributed by atoms with E-state index in [1.54, 1.807) is 24.3 Å². The summed E-state index contributed by atoms with van der Waals surface area (Å²) < 4.78 is 110. The number of nitrogens with zero attached hydrogens (tertiary/aromatic N) is 7. The first-order chi connectivity index (χ1) is 31.5. The van der Waals surface area contributed by atoms with Crippen LogP contribution in [0, 0.1) is 28.9 Å². The van der Waals surface area contributed by atoms with Crippen molar-refractivity contribution in [3.63, 3.8) is 0 Å². The number of aromatic nitrogens is 2. The maximum Gasteiger partial charge on any atom is 0.272 e. The van der Waals surface area contributed by atoms with Crippen molar-refractivity contribution in [2.75, 3.05) is 55.4 Å². The van der Waals surface area contributed by atoms with Crippen molar-refractivity contribution >= 4 is 52.6 Å². The summed E-state index contributed by atoms with van der Waals surface area (Å²) >= 11 is 6.12. The van der Waals surface area contributed by atoms with Gasteiger partial charge in [-0.1, -0.05) is 11.6 Å². The van der Waals surface area contributed by atoms with Crippen LogP contribution in [-0.2, 0) is 9.59 Å². The van der Waals surface area contributed by atoms with Gasteiger partial charge in [0.25, 0.3) is 17.7 Å². The lowest BCUT2D eigenvalue weighted by atomic mass is 9.93. The monoisotopic (exact) mass is 837 g/mol. The molecular formula is C41H42ClF2N9O6. The second-order valence-corrected chi connectivity index (χ2v) is 15.2. The van der Waals surface area contributed by atoms with E-state index in [0.29, 0.717) is 65.8 Å². The number of nitriles is 1. The topological polar surface area (TPSA) is 181 Å². The largest absolute Gasteiger partial charge is 0.490 e. The molecule has 1 atom stereocenters. The highest BCUT2D eigenvalue weighted by molar-refractivity contribution is 6.31. The third-order valence-electron chi connectivity index (χ3n) is 11.1. The number of fused-ring (bicyclic) bond motifs is 1. The highest BCUT2D eigenvalue weighted by Gasteiger charge is 2.48. The van der Waals surface area contributed by atoms with E-state index in [4.69, 9.17) is 32.6 Å². The van der Waals surface area contributed by atoms with Crippen LogP contribution < -0.4 is 25.2 Å². The molecule has 1 saturated carbocycles. The molecule has 15 nitrogen and oxygen atoms in total. The molecule has 5 heterocycles. The van der Waals surface area contributed by atoms with E-state index < -0.39 is 102 Å². The molecule has 3 aromatic rings. The Balaban J connectivity index is 0.899. The lowest BCUT2D eigenvalue weighted by Gasteiger charge is -2.40. The first-order valence-electron chi connectivity index (χ1n) is 23.1. The molecule has 5 amide bonds. The van der Waals surface area contributed by atoms with Gasteiger partial charge in [-0.05, 0) is 75.1 Å². The minimum Gasteiger partial charge on any atom is -0.490 e. The number of hydrogen-bond acceptors (Lipinski definition) is 12. The number of nitrogens with one attached hydrogen (secondary N) is 2. The average Bonchev–Trinajstić information content (AvgIpc) is 3.54. The normalized spacial score (nSPS) is 28.3. The zero-order chi connectivity index (χ0) is 48.5. The molecule has 0 radical (unpaired) electrons. The standard InChI is InChI=1S/C41H42ClF2N9O6/c42-28-19-27(4-1-24(28)21-45)59-26-5-2-25(3-6-26)46-38(55)30-7-9-33(49-48-30)52-13-11-23(12-14-52)22-50-15-17-51(18-16-50)32-20-29(43)35-36(37(32)44)41(58)53(40(35)57)31-8-10-34(54)47-39(31)56/h1,4,7,9,19-20,23,25-26,31H,2-3,5-6,8,10-18,22H2,(H,46,55)(H,47,54,56)/i15D2,16D2,17D2,18D2. The number of benzene rings is 2. The van der Waals surface area contributed by atoms with E-state index in [2.05, 4.69) is 15.5 Å². The van der Waals surface area contributed by atoms with E-state index in [9.17, 15) is 24.0 Å². The van der Waals surface area contributed by atoms with Gasteiger partial charge in [-0.2, -0.15) is 5.26 Å². The van der Waals surface area contributed by atoms with Crippen molar-refractivity contribution in [3.05, 3.63) is 75.4 Å². The SMILES string of the molecule is [2H]C1([2H])N(CC2CCN(c3ccc(C(=O)NC4CCC(Oc5ccc(C#N)c(Cl)c5)CC4)nn3)CC2)C([2H])([2H])C([2H])([2H])N(c2cc(F)c3c(c2F)C(=O)N(C2CCC(=O)NC2=O)C3=O)C1([2H])[2H]. The molecule has 1 unspecified atom stereocenters. The molecular weight excluding hydrogens is 788 g/mol. The van der Waals surface area contributed by atoms with Gasteiger partial charge >= 0.3 is 0 Å². The summed E-state index contributed by atoms with van der Waals surface area (Å²) in [5.41, 5.74) is -3.38. The van der Waals surface area contributed by atoms with Crippen molar-refractivity contribution in [1.82, 2.24) is 30.6 Å². The van der Waals surface area contributed by atoms with Crippen molar-refractivity contribution in [3.8, 4) is 11.8 Å². The van der Waals surface area contributed by atoms with Crippen LogP contribution in [0.3, 0.4) is 0 Å². The molecule has 4 aliphatic heterocycles. The second-order valence-electron chi connectivity index (χ2n) is 14.8. The van der Waals surface area contributed by atoms with E-state index in [-0.39, 0.29) is 59.4 Å². The van der Waals surface area contributed by atoms with Crippen LogP contribution in [0.15, 0.2) is 36.4 Å². The van der Waals surface area contributed by atoms with Gasteiger partial charge in [0, 0.05) is 75.7 Å². The van der Waals surface area contributed by atoms with Gasteiger partial charge in [0.05, 0.1) is 39.0 Å². The van der Waals surface area contributed by atoms with Crippen LogP contribution in [0.1, 0.15) is 99.1 Å². The van der Waals surface area contributed by atoms with Gasteiger partial charge in [0.2, 0.25) is 11.8 Å². The molecule has 59 heavy (non-hydrogen) atoms. The summed E-state index contributed by atoms with van der Waals surface area (Å²) in [6, 6.07) is 8.46. The number of halogens is 3. The first kappa shape index (κ1) is 31.2. The zero-order valence-electron chi connectivity index (χ0n) is 39.3. The Morgan fingerprint density at radius 2 is 1.66 bits per heavy atom. The third-order valence-corrected chi connectivity index (χ3v) is 11.4. The molecule has 18 heteroatoms. The van der Waals surface area contributed by atoms with Crippen LogP contribution in [0.5, 0.6) is 5.75 Å². The van der Waals surface area contributed by atoms with Crippen LogP contribution in [0.25, 0.3) is 0 Å². The Morgan fingerprint density at radius 1 is 0.932 bits per heavy atom. The van der Waals surface area contributed by atoms with Gasteiger partial charge in [0.15, 0.2) is 17.3 Å². The molecule has 0 bridgehead atoms. The molecule has 1 aliphatic carbocycles. The first-order valence-corrected chi connectivity index (χ1v) is 19.4. The van der Waals surface area contributed by atoms with Crippen molar-refractivity contribution in [1.29, 1.82) is 5.26 Å². The van der Waals surface area contributed by atoms with Crippen LogP contribution in [0.4, 0.5) is 20.3 Å².